The summed E-state index contributed by atoms with van der Waals surface area (Å²) in [5.74, 6) is -0.312. The molecule has 0 bridgehead atoms. The van der Waals surface area contributed by atoms with Crippen molar-refractivity contribution in [1.29, 1.82) is 0 Å². The van der Waals surface area contributed by atoms with Crippen LogP contribution in [0, 0.1) is 5.82 Å². The Bertz CT molecular complexity index is 807. The minimum atomic E-state index is -0.361. The fourth-order valence-electron chi connectivity index (χ4n) is 1.91. The highest BCUT2D eigenvalue weighted by Crippen LogP contribution is 2.09. The summed E-state index contributed by atoms with van der Waals surface area (Å²) in [7, 11) is 0. The Labute approximate surface area is 106 Å². The lowest BCUT2D eigenvalue weighted by Gasteiger charge is -2.08. The number of nitrogens with two attached hydrogens (primary N) is 1. The summed E-state index contributed by atoms with van der Waals surface area (Å²) in [5, 5.41) is 0. The third-order valence-electron chi connectivity index (χ3n) is 2.81. The fraction of sp³-hybridized carbons (Fsp3) is 0.0833. The maximum absolute atomic E-state index is 13.1. The Balaban J connectivity index is 2.12. The van der Waals surface area contributed by atoms with E-state index in [0.717, 1.165) is 0 Å². The van der Waals surface area contributed by atoms with Gasteiger partial charge in [-0.1, -0.05) is 12.1 Å². The normalized spacial score (nSPS) is 11.0. The smallest absolute Gasteiger partial charge is 0.281 e. The van der Waals surface area contributed by atoms with E-state index < -0.39 is 0 Å². The molecule has 0 saturated heterocycles. The van der Waals surface area contributed by atoms with Crippen molar-refractivity contribution in [1.82, 2.24) is 19.5 Å². The predicted octanol–water partition coefficient (Wildman–Crippen LogP) is 0.889. The molecule has 0 amide bonds. The van der Waals surface area contributed by atoms with Crippen LogP contribution in [-0.4, -0.2) is 19.5 Å². The van der Waals surface area contributed by atoms with Crippen LogP contribution in [0.1, 0.15) is 5.56 Å². The van der Waals surface area contributed by atoms with Gasteiger partial charge < -0.3 is 10.7 Å². The van der Waals surface area contributed by atoms with Crippen LogP contribution in [0.2, 0.25) is 0 Å². The second kappa shape index (κ2) is 4.20. The van der Waals surface area contributed by atoms with Crippen molar-refractivity contribution in [2.24, 2.45) is 0 Å². The highest BCUT2D eigenvalue weighted by atomic mass is 19.1. The highest BCUT2D eigenvalue weighted by molar-refractivity contribution is 5.69. The van der Waals surface area contributed by atoms with Gasteiger partial charge in [0, 0.05) is 0 Å². The fourth-order valence-corrected chi connectivity index (χ4v) is 1.91. The third-order valence-corrected chi connectivity index (χ3v) is 2.81. The van der Waals surface area contributed by atoms with Gasteiger partial charge in [-0.15, -0.1) is 0 Å². The van der Waals surface area contributed by atoms with Gasteiger partial charge in [0.25, 0.3) is 5.56 Å². The van der Waals surface area contributed by atoms with Crippen molar-refractivity contribution in [3.05, 3.63) is 52.3 Å². The molecule has 1 aromatic carbocycles. The van der Waals surface area contributed by atoms with E-state index in [0.29, 0.717) is 5.56 Å². The molecular formula is C12H10FN5O. The van der Waals surface area contributed by atoms with Gasteiger partial charge >= 0.3 is 0 Å². The lowest BCUT2D eigenvalue weighted by Crippen LogP contribution is -2.25. The molecule has 0 aliphatic carbocycles. The summed E-state index contributed by atoms with van der Waals surface area (Å²) in [6, 6.07) is 5.98. The van der Waals surface area contributed by atoms with Crippen LogP contribution in [0.25, 0.3) is 11.2 Å². The Hall–Kier alpha value is -2.70. The van der Waals surface area contributed by atoms with Crippen molar-refractivity contribution in [3.8, 4) is 0 Å². The maximum atomic E-state index is 13.1. The second-order valence-electron chi connectivity index (χ2n) is 4.09. The van der Waals surface area contributed by atoms with Gasteiger partial charge in [-0.3, -0.25) is 9.36 Å². The van der Waals surface area contributed by atoms with Gasteiger partial charge in [0.2, 0.25) is 5.95 Å². The van der Waals surface area contributed by atoms with E-state index in [4.69, 9.17) is 5.73 Å². The van der Waals surface area contributed by atoms with E-state index in [-0.39, 0.29) is 35.0 Å². The monoisotopic (exact) mass is 259 g/mol. The molecule has 2 aromatic heterocycles. The van der Waals surface area contributed by atoms with E-state index in [1.54, 1.807) is 12.1 Å². The number of halogens is 1. The Morgan fingerprint density at radius 2 is 2.26 bits per heavy atom. The number of nitrogen functional groups attached to an aromatic ring is 1. The molecule has 0 aliphatic rings. The SMILES string of the molecule is Nc1nc2nc[nH]c2c(=O)n1Cc1cccc(F)c1. The Morgan fingerprint density at radius 1 is 1.42 bits per heavy atom. The highest BCUT2D eigenvalue weighted by Gasteiger charge is 2.11. The molecule has 3 aromatic rings. The van der Waals surface area contributed by atoms with Gasteiger partial charge in [0.1, 0.15) is 5.82 Å². The Morgan fingerprint density at radius 3 is 3.05 bits per heavy atom. The van der Waals surface area contributed by atoms with Crippen LogP contribution in [-0.2, 0) is 6.54 Å². The van der Waals surface area contributed by atoms with Crippen LogP contribution in [0.4, 0.5) is 10.3 Å². The molecule has 0 atom stereocenters. The number of fused-ring (bicyclic) bond motifs is 1. The first-order valence-electron chi connectivity index (χ1n) is 5.59. The second-order valence-corrected chi connectivity index (χ2v) is 4.09. The van der Waals surface area contributed by atoms with Crippen LogP contribution < -0.4 is 11.3 Å². The van der Waals surface area contributed by atoms with E-state index in [9.17, 15) is 9.18 Å². The number of anilines is 1. The first kappa shape index (κ1) is 11.4. The topological polar surface area (TPSA) is 89.6 Å². The molecular weight excluding hydrogens is 249 g/mol. The lowest BCUT2D eigenvalue weighted by molar-refractivity contribution is 0.623. The summed E-state index contributed by atoms with van der Waals surface area (Å²) >= 11 is 0. The number of nitrogens with zero attached hydrogens (tertiary/aromatic N) is 3. The van der Waals surface area contributed by atoms with Gasteiger partial charge in [-0.05, 0) is 17.7 Å². The standard InChI is InChI=1S/C12H10FN5O/c13-8-3-1-2-7(4-8)5-18-11(19)9-10(16-6-15-9)17-12(18)14/h1-4,6H,5H2,(H2,14,17)(H,15,16). The molecule has 2 heterocycles. The average Bonchev–Trinajstić information content (AvgIpc) is 2.83. The number of aromatic amines is 1. The van der Waals surface area contributed by atoms with Crippen LogP contribution in [0.5, 0.6) is 0 Å². The zero-order valence-corrected chi connectivity index (χ0v) is 9.80. The molecule has 96 valence electrons. The molecule has 3 rings (SSSR count). The van der Waals surface area contributed by atoms with Crippen molar-refractivity contribution in [2.45, 2.75) is 6.54 Å². The van der Waals surface area contributed by atoms with Crippen LogP contribution in [0.3, 0.4) is 0 Å². The van der Waals surface area contributed by atoms with Gasteiger partial charge in [0.15, 0.2) is 11.2 Å². The predicted molar refractivity (Wildman–Crippen MR) is 68.1 cm³/mol. The third kappa shape index (κ3) is 1.95. The quantitative estimate of drug-likeness (QED) is 0.715. The first-order valence-corrected chi connectivity index (χ1v) is 5.59. The van der Waals surface area contributed by atoms with E-state index in [2.05, 4.69) is 15.0 Å². The minimum Gasteiger partial charge on any atom is -0.369 e. The van der Waals surface area contributed by atoms with Gasteiger partial charge in [-0.2, -0.15) is 4.98 Å². The van der Waals surface area contributed by atoms with E-state index in [1.807, 2.05) is 0 Å². The van der Waals surface area contributed by atoms with Crippen molar-refractivity contribution < 1.29 is 4.39 Å². The molecule has 3 N–H and O–H groups in total. The van der Waals surface area contributed by atoms with E-state index >= 15 is 0 Å². The minimum absolute atomic E-state index is 0.0499. The Kier molecular flexibility index (Phi) is 2.52. The average molecular weight is 259 g/mol. The van der Waals surface area contributed by atoms with Crippen molar-refractivity contribution in [3.63, 3.8) is 0 Å². The zero-order valence-electron chi connectivity index (χ0n) is 9.80. The van der Waals surface area contributed by atoms with Crippen LogP contribution >= 0.6 is 0 Å². The summed E-state index contributed by atoms with van der Waals surface area (Å²) < 4.78 is 14.4. The number of hydrogen-bond donors (Lipinski definition) is 2. The molecule has 0 fully saturated rings. The lowest BCUT2D eigenvalue weighted by atomic mass is 10.2. The molecule has 7 heteroatoms. The molecule has 0 unspecified atom stereocenters. The molecule has 19 heavy (non-hydrogen) atoms. The van der Waals surface area contributed by atoms with Gasteiger partial charge in [0.05, 0.1) is 12.9 Å². The first-order chi connectivity index (χ1) is 9.15. The number of benzene rings is 1. The summed E-state index contributed by atoms with van der Waals surface area (Å²) in [5.41, 5.74) is 6.60. The molecule has 0 spiro atoms. The number of imidazole rings is 1. The van der Waals surface area contributed by atoms with E-state index in [1.165, 1.54) is 23.0 Å². The van der Waals surface area contributed by atoms with Gasteiger partial charge in [-0.25, -0.2) is 9.37 Å². The zero-order chi connectivity index (χ0) is 13.4. The number of aromatic nitrogens is 4. The summed E-state index contributed by atoms with van der Waals surface area (Å²) in [6.07, 6.45) is 1.38. The molecule has 6 nitrogen and oxygen atoms in total. The van der Waals surface area contributed by atoms with Crippen LogP contribution in [0.15, 0.2) is 35.4 Å². The number of H-pyrrole nitrogens is 1. The maximum Gasteiger partial charge on any atom is 0.281 e. The summed E-state index contributed by atoms with van der Waals surface area (Å²) in [6.45, 7) is 0.157. The van der Waals surface area contributed by atoms with Crippen molar-refractivity contribution in [2.75, 3.05) is 5.73 Å². The molecule has 0 radical (unpaired) electrons. The molecule has 0 saturated carbocycles. The molecule has 0 aliphatic heterocycles. The number of rotatable bonds is 2. The van der Waals surface area contributed by atoms with Crippen molar-refractivity contribution >= 4 is 17.1 Å². The summed E-state index contributed by atoms with van der Waals surface area (Å²) in [4.78, 5) is 22.8. The number of nitrogens with one attached hydrogen (secondary N) is 1. The number of hydrogen-bond acceptors (Lipinski definition) is 4. The largest absolute Gasteiger partial charge is 0.369 e.